The maximum atomic E-state index is 12.8. The second-order valence-electron chi connectivity index (χ2n) is 6.21. The molecular weight excluding hydrogens is 324 g/mol. The Hall–Kier alpha value is -2.33. The number of fused-ring (bicyclic) bond motifs is 1. The number of carbonyl (C=O) groups is 2. The largest absolute Gasteiger partial charge is 0.324 e. The van der Waals surface area contributed by atoms with Crippen LogP contribution < -0.4 is 5.32 Å². The van der Waals surface area contributed by atoms with E-state index < -0.39 is 0 Å². The van der Waals surface area contributed by atoms with Crippen LogP contribution in [0.1, 0.15) is 31.0 Å². The van der Waals surface area contributed by atoms with Gasteiger partial charge in [-0.3, -0.25) is 9.59 Å². The van der Waals surface area contributed by atoms with E-state index in [9.17, 15) is 9.59 Å². The topological polar surface area (TPSA) is 49.4 Å². The fourth-order valence-electron chi connectivity index (χ4n) is 3.01. The molecule has 2 aromatic carbocycles. The lowest BCUT2D eigenvalue weighted by Crippen LogP contribution is -2.41. The molecule has 1 N–H and O–H groups in total. The molecule has 1 aliphatic rings. The Labute approximate surface area is 146 Å². The number of carbonyl (C=O) groups excluding carboxylic acids is 2. The minimum atomic E-state index is -0.353. The zero-order chi connectivity index (χ0) is 17.3. The van der Waals surface area contributed by atoms with Crippen molar-refractivity contribution in [3.05, 3.63) is 64.7 Å². The van der Waals surface area contributed by atoms with Gasteiger partial charge in [0.15, 0.2) is 0 Å². The van der Waals surface area contributed by atoms with Gasteiger partial charge in [-0.25, -0.2) is 0 Å². The molecule has 5 heteroatoms. The van der Waals surface area contributed by atoms with Crippen LogP contribution in [0.2, 0.25) is 5.02 Å². The molecule has 0 fully saturated rings. The minimum absolute atomic E-state index is 0.0167. The highest BCUT2D eigenvalue weighted by molar-refractivity contribution is 6.30. The van der Waals surface area contributed by atoms with Gasteiger partial charge in [-0.15, -0.1) is 0 Å². The van der Waals surface area contributed by atoms with E-state index in [1.165, 1.54) is 0 Å². The van der Waals surface area contributed by atoms with E-state index in [2.05, 4.69) is 5.32 Å². The fraction of sp³-hybridized carbons (Fsp3) is 0.263. The van der Waals surface area contributed by atoms with Crippen molar-refractivity contribution in [2.24, 2.45) is 5.92 Å². The summed E-state index contributed by atoms with van der Waals surface area (Å²) in [5, 5.41) is 3.45. The second kappa shape index (κ2) is 6.65. The van der Waals surface area contributed by atoms with Gasteiger partial charge in [-0.2, -0.15) is 0 Å². The summed E-state index contributed by atoms with van der Waals surface area (Å²) in [6, 6.07) is 14.7. The van der Waals surface area contributed by atoms with Crippen LogP contribution in [-0.2, 0) is 9.59 Å². The monoisotopic (exact) mass is 342 g/mol. The van der Waals surface area contributed by atoms with Gasteiger partial charge in [-0.05, 0) is 23.8 Å². The molecule has 124 valence electrons. The van der Waals surface area contributed by atoms with Crippen LogP contribution >= 0.6 is 11.6 Å². The normalized spacial score (nSPS) is 17.2. The zero-order valence-corrected chi connectivity index (χ0v) is 14.4. The average Bonchev–Trinajstić information content (AvgIpc) is 2.70. The lowest BCUT2D eigenvalue weighted by atomic mass is 9.95. The quantitative estimate of drug-likeness (QED) is 0.900. The molecule has 1 atom stereocenters. The van der Waals surface area contributed by atoms with E-state index in [0.29, 0.717) is 10.7 Å². The molecule has 0 saturated carbocycles. The number of hydrogen-bond acceptors (Lipinski definition) is 2. The molecule has 1 aliphatic heterocycles. The molecule has 2 amide bonds. The van der Waals surface area contributed by atoms with E-state index in [1.54, 1.807) is 17.0 Å². The van der Waals surface area contributed by atoms with Gasteiger partial charge in [0.1, 0.15) is 6.54 Å². The Morgan fingerprint density at radius 3 is 2.58 bits per heavy atom. The van der Waals surface area contributed by atoms with Crippen molar-refractivity contribution in [3.63, 3.8) is 0 Å². The van der Waals surface area contributed by atoms with Crippen molar-refractivity contribution in [2.45, 2.75) is 19.9 Å². The molecule has 0 radical (unpaired) electrons. The standard InChI is InChI=1S/C19H19ClN2O2/c1-12(2)19(24)22-11-17(23)21-16-9-8-14(20)10-15(16)18(22)13-6-4-3-5-7-13/h3-10,12,18H,11H2,1-2H3,(H,21,23). The lowest BCUT2D eigenvalue weighted by Gasteiger charge is -2.32. The minimum Gasteiger partial charge on any atom is -0.324 e. The summed E-state index contributed by atoms with van der Waals surface area (Å²) in [5.74, 6) is -0.470. The molecule has 1 heterocycles. The second-order valence-corrected chi connectivity index (χ2v) is 6.65. The number of nitrogens with zero attached hydrogens (tertiary/aromatic N) is 1. The van der Waals surface area contributed by atoms with E-state index in [-0.39, 0.29) is 30.3 Å². The number of nitrogens with one attached hydrogen (secondary N) is 1. The summed E-state index contributed by atoms with van der Waals surface area (Å²) in [7, 11) is 0. The van der Waals surface area contributed by atoms with E-state index >= 15 is 0 Å². The number of rotatable bonds is 2. The van der Waals surface area contributed by atoms with Crippen molar-refractivity contribution in [3.8, 4) is 0 Å². The summed E-state index contributed by atoms with van der Waals surface area (Å²) in [6.07, 6.45) is 0. The van der Waals surface area contributed by atoms with Crippen LogP contribution in [0.3, 0.4) is 0 Å². The van der Waals surface area contributed by atoms with Gasteiger partial charge in [0.05, 0.1) is 6.04 Å². The molecule has 24 heavy (non-hydrogen) atoms. The summed E-state index contributed by atoms with van der Waals surface area (Å²) in [4.78, 5) is 26.7. The lowest BCUT2D eigenvalue weighted by molar-refractivity contribution is -0.139. The highest BCUT2D eigenvalue weighted by Crippen LogP contribution is 2.37. The highest BCUT2D eigenvalue weighted by atomic mass is 35.5. The molecular formula is C19H19ClN2O2. The average molecular weight is 343 g/mol. The maximum absolute atomic E-state index is 12.8. The molecule has 0 spiro atoms. The Morgan fingerprint density at radius 1 is 1.21 bits per heavy atom. The van der Waals surface area contributed by atoms with Gasteiger partial charge in [0.25, 0.3) is 0 Å². The molecule has 2 aromatic rings. The summed E-state index contributed by atoms with van der Waals surface area (Å²) in [5.41, 5.74) is 2.47. The van der Waals surface area contributed by atoms with Crippen LogP contribution in [0.25, 0.3) is 0 Å². The predicted octanol–water partition coefficient (Wildman–Crippen LogP) is 3.87. The first kappa shape index (κ1) is 16.5. The Morgan fingerprint density at radius 2 is 1.92 bits per heavy atom. The molecule has 0 aromatic heterocycles. The zero-order valence-electron chi connectivity index (χ0n) is 13.6. The van der Waals surface area contributed by atoms with Crippen molar-refractivity contribution in [2.75, 3.05) is 11.9 Å². The van der Waals surface area contributed by atoms with E-state index in [1.807, 2.05) is 50.2 Å². The van der Waals surface area contributed by atoms with Crippen molar-refractivity contribution < 1.29 is 9.59 Å². The highest BCUT2D eigenvalue weighted by Gasteiger charge is 2.34. The first-order valence-electron chi connectivity index (χ1n) is 7.92. The van der Waals surface area contributed by atoms with Crippen LogP contribution in [0, 0.1) is 5.92 Å². The third-order valence-electron chi connectivity index (χ3n) is 4.10. The molecule has 0 aliphatic carbocycles. The third kappa shape index (κ3) is 3.15. The molecule has 4 nitrogen and oxygen atoms in total. The van der Waals surface area contributed by atoms with Gasteiger partial charge in [0, 0.05) is 22.2 Å². The first-order valence-corrected chi connectivity index (χ1v) is 8.30. The first-order chi connectivity index (χ1) is 11.5. The smallest absolute Gasteiger partial charge is 0.244 e. The van der Waals surface area contributed by atoms with Gasteiger partial charge < -0.3 is 10.2 Å². The van der Waals surface area contributed by atoms with Crippen LogP contribution in [0.5, 0.6) is 0 Å². The Balaban J connectivity index is 2.21. The summed E-state index contributed by atoms with van der Waals surface area (Å²) >= 11 is 6.19. The SMILES string of the molecule is CC(C)C(=O)N1CC(=O)Nc2ccc(Cl)cc2C1c1ccccc1. The molecule has 1 unspecified atom stereocenters. The van der Waals surface area contributed by atoms with Crippen molar-refractivity contribution in [1.82, 2.24) is 4.90 Å². The fourth-order valence-corrected chi connectivity index (χ4v) is 3.19. The third-order valence-corrected chi connectivity index (χ3v) is 4.34. The number of hydrogen-bond donors (Lipinski definition) is 1. The number of amides is 2. The van der Waals surface area contributed by atoms with Crippen LogP contribution in [0.4, 0.5) is 5.69 Å². The number of halogens is 1. The molecule has 0 saturated heterocycles. The molecule has 3 rings (SSSR count). The van der Waals surface area contributed by atoms with E-state index in [4.69, 9.17) is 11.6 Å². The van der Waals surface area contributed by atoms with Crippen LogP contribution in [-0.4, -0.2) is 23.3 Å². The van der Waals surface area contributed by atoms with Gasteiger partial charge >= 0.3 is 0 Å². The van der Waals surface area contributed by atoms with Crippen molar-refractivity contribution in [1.29, 1.82) is 0 Å². The maximum Gasteiger partial charge on any atom is 0.244 e. The van der Waals surface area contributed by atoms with Gasteiger partial charge in [-0.1, -0.05) is 55.8 Å². The van der Waals surface area contributed by atoms with Crippen LogP contribution in [0.15, 0.2) is 48.5 Å². The summed E-state index contributed by atoms with van der Waals surface area (Å²) < 4.78 is 0. The van der Waals surface area contributed by atoms with E-state index in [0.717, 1.165) is 11.1 Å². The van der Waals surface area contributed by atoms with Crippen molar-refractivity contribution >= 4 is 29.1 Å². The number of benzene rings is 2. The predicted molar refractivity (Wildman–Crippen MR) is 94.9 cm³/mol. The Kier molecular flexibility index (Phi) is 4.58. The summed E-state index contributed by atoms with van der Waals surface area (Å²) in [6.45, 7) is 3.70. The number of anilines is 1. The molecule has 0 bridgehead atoms. The van der Waals surface area contributed by atoms with Gasteiger partial charge in [0.2, 0.25) is 11.8 Å². The Bertz CT molecular complexity index is 774.